The van der Waals surface area contributed by atoms with Crippen LogP contribution in [0.3, 0.4) is 0 Å². The van der Waals surface area contributed by atoms with Gasteiger partial charge in [0.2, 0.25) is 0 Å². The Kier molecular flexibility index (Phi) is 7.60. The zero-order valence-electron chi connectivity index (χ0n) is 21.1. The molecule has 190 valence electrons. The van der Waals surface area contributed by atoms with E-state index in [-0.39, 0.29) is 18.4 Å². The predicted octanol–water partition coefficient (Wildman–Crippen LogP) is 5.11. The Bertz CT molecular complexity index is 1370. The third kappa shape index (κ3) is 5.27. The minimum Gasteiger partial charge on any atom is -0.272 e. The lowest BCUT2D eigenvalue weighted by atomic mass is 10.0. The van der Waals surface area contributed by atoms with Crippen LogP contribution >= 0.6 is 11.3 Å². The summed E-state index contributed by atoms with van der Waals surface area (Å²) in [6.45, 7) is 2.09. The SMILES string of the molecule is CCCCc1c2sc3c(nc-2c(=O)n1N(C(=O)Cc1ccccc1)C(=O)Cc1ccccc1)CCCC3. The molecule has 1 aliphatic carbocycles. The first-order valence-corrected chi connectivity index (χ1v) is 13.9. The first-order chi connectivity index (χ1) is 18.1. The van der Waals surface area contributed by atoms with Crippen molar-refractivity contribution in [2.75, 3.05) is 5.01 Å². The molecule has 0 radical (unpaired) electrons. The highest BCUT2D eigenvalue weighted by Gasteiger charge is 2.33. The molecule has 0 N–H and O–H groups in total. The Morgan fingerprint density at radius 2 is 1.51 bits per heavy atom. The van der Waals surface area contributed by atoms with Crippen molar-refractivity contribution in [2.45, 2.75) is 64.7 Å². The standard InChI is InChI=1S/C30H31N3O3S/c1-2-3-17-24-29-28(31-23-16-10-11-18-25(23)37-29)30(36)32(24)33(26(34)19-21-12-6-4-7-13-21)27(35)20-22-14-8-5-9-15-22/h4-9,12-15H,2-3,10-11,16-20H2,1H3. The Hall–Kier alpha value is -3.58. The fourth-order valence-electron chi connectivity index (χ4n) is 4.93. The zero-order valence-corrected chi connectivity index (χ0v) is 21.9. The molecule has 3 aliphatic rings. The van der Waals surface area contributed by atoms with Crippen molar-refractivity contribution in [2.24, 2.45) is 0 Å². The molecule has 37 heavy (non-hydrogen) atoms. The largest absolute Gasteiger partial charge is 0.297 e. The molecule has 0 unspecified atom stereocenters. The highest BCUT2D eigenvalue weighted by molar-refractivity contribution is 7.15. The number of aromatic nitrogens is 2. The van der Waals surface area contributed by atoms with E-state index in [9.17, 15) is 14.4 Å². The first-order valence-electron chi connectivity index (χ1n) is 13.1. The van der Waals surface area contributed by atoms with Gasteiger partial charge in [0.15, 0.2) is 0 Å². The van der Waals surface area contributed by atoms with Crippen LogP contribution in [-0.2, 0) is 41.7 Å². The van der Waals surface area contributed by atoms with E-state index in [1.807, 2.05) is 60.7 Å². The highest BCUT2D eigenvalue weighted by atomic mass is 32.1. The van der Waals surface area contributed by atoms with Gasteiger partial charge in [0, 0.05) is 4.88 Å². The van der Waals surface area contributed by atoms with E-state index < -0.39 is 11.8 Å². The van der Waals surface area contributed by atoms with Gasteiger partial charge in [-0.25, -0.2) is 9.66 Å². The van der Waals surface area contributed by atoms with Gasteiger partial charge in [-0.05, 0) is 49.7 Å². The van der Waals surface area contributed by atoms with Crippen molar-refractivity contribution < 1.29 is 9.59 Å². The lowest BCUT2D eigenvalue weighted by molar-refractivity contribution is -0.128. The maximum Gasteiger partial charge on any atom is 0.297 e. The summed E-state index contributed by atoms with van der Waals surface area (Å²) >= 11 is 1.62. The van der Waals surface area contributed by atoms with Gasteiger partial charge in [0.1, 0.15) is 5.69 Å². The summed E-state index contributed by atoms with van der Waals surface area (Å²) in [6.07, 6.45) is 6.41. The maximum absolute atomic E-state index is 13.9. The van der Waals surface area contributed by atoms with Gasteiger partial charge in [0.25, 0.3) is 17.4 Å². The average molecular weight is 514 g/mol. The topological polar surface area (TPSA) is 72.3 Å². The lowest BCUT2D eigenvalue weighted by Gasteiger charge is -2.24. The minimum absolute atomic E-state index is 0.0237. The predicted molar refractivity (Wildman–Crippen MR) is 147 cm³/mol. The number of amides is 2. The number of aryl methyl sites for hydroxylation is 2. The van der Waals surface area contributed by atoms with E-state index in [4.69, 9.17) is 4.98 Å². The van der Waals surface area contributed by atoms with Gasteiger partial charge in [-0.15, -0.1) is 11.3 Å². The number of nitrogens with zero attached hydrogens (tertiary/aromatic N) is 3. The monoisotopic (exact) mass is 513 g/mol. The zero-order chi connectivity index (χ0) is 25.8. The van der Waals surface area contributed by atoms with Gasteiger partial charge in [0.05, 0.1) is 29.1 Å². The number of unbranched alkanes of at least 4 members (excludes halogenated alkanes) is 1. The Balaban J connectivity index is 1.65. The molecule has 0 saturated carbocycles. The molecule has 0 aromatic heterocycles. The molecule has 0 spiro atoms. The molecule has 6 nitrogen and oxygen atoms in total. The Morgan fingerprint density at radius 1 is 0.919 bits per heavy atom. The maximum atomic E-state index is 13.9. The number of carbonyl (C=O) groups is 2. The van der Waals surface area contributed by atoms with Crippen LogP contribution in [0.1, 0.15) is 60.0 Å². The summed E-state index contributed by atoms with van der Waals surface area (Å²) in [6, 6.07) is 18.7. The summed E-state index contributed by atoms with van der Waals surface area (Å²) in [5.41, 5.74) is 3.28. The molecule has 2 aromatic carbocycles. The number of benzene rings is 2. The molecule has 2 heterocycles. The molecule has 0 bridgehead atoms. The number of hydrogen-bond acceptors (Lipinski definition) is 5. The molecular formula is C30H31N3O3S. The molecule has 0 saturated heterocycles. The molecular weight excluding hydrogens is 482 g/mol. The van der Waals surface area contributed by atoms with E-state index in [0.717, 1.165) is 70.9 Å². The van der Waals surface area contributed by atoms with Crippen molar-refractivity contribution in [1.29, 1.82) is 0 Å². The van der Waals surface area contributed by atoms with E-state index in [2.05, 4.69) is 6.92 Å². The number of carbonyl (C=O) groups excluding carboxylic acids is 2. The number of hydrogen-bond donors (Lipinski definition) is 0. The average Bonchev–Trinajstić information content (AvgIpc) is 3.17. The van der Waals surface area contributed by atoms with E-state index in [1.54, 1.807) is 11.3 Å². The van der Waals surface area contributed by atoms with Crippen LogP contribution in [0.15, 0.2) is 65.5 Å². The van der Waals surface area contributed by atoms with Crippen molar-refractivity contribution >= 4 is 23.2 Å². The van der Waals surface area contributed by atoms with E-state index >= 15 is 0 Å². The van der Waals surface area contributed by atoms with Crippen molar-refractivity contribution in [3.8, 4) is 10.6 Å². The van der Waals surface area contributed by atoms with Crippen molar-refractivity contribution in [3.63, 3.8) is 0 Å². The quantitative estimate of drug-likeness (QED) is 0.328. The fraction of sp³-hybridized carbons (Fsp3) is 0.333. The number of fused-ring (bicyclic) bond motifs is 2. The highest BCUT2D eigenvalue weighted by Crippen LogP contribution is 2.35. The van der Waals surface area contributed by atoms with Gasteiger partial charge in [-0.2, -0.15) is 5.01 Å². The number of rotatable bonds is 8. The number of imide groups is 1. The fourth-order valence-corrected chi connectivity index (χ4v) is 6.23. The van der Waals surface area contributed by atoms with E-state index in [1.165, 1.54) is 9.55 Å². The summed E-state index contributed by atoms with van der Waals surface area (Å²) in [4.78, 5) is 48.3. The molecule has 7 heteroatoms. The third-order valence-electron chi connectivity index (χ3n) is 6.83. The molecule has 5 rings (SSSR count). The van der Waals surface area contributed by atoms with Crippen LogP contribution < -0.4 is 10.6 Å². The first kappa shape index (κ1) is 25.1. The molecule has 2 aliphatic heterocycles. The van der Waals surface area contributed by atoms with Crippen LogP contribution in [-0.4, -0.2) is 21.5 Å². The van der Waals surface area contributed by atoms with E-state index in [0.29, 0.717) is 12.1 Å². The van der Waals surface area contributed by atoms with Crippen LogP contribution in [0, 0.1) is 0 Å². The van der Waals surface area contributed by atoms with Crippen LogP contribution in [0.2, 0.25) is 0 Å². The molecule has 0 fully saturated rings. The van der Waals surface area contributed by atoms with Crippen LogP contribution in [0.25, 0.3) is 10.6 Å². The second-order valence-electron chi connectivity index (χ2n) is 9.56. The van der Waals surface area contributed by atoms with Gasteiger partial charge < -0.3 is 0 Å². The second kappa shape index (κ2) is 11.2. The second-order valence-corrected chi connectivity index (χ2v) is 10.7. The summed E-state index contributed by atoms with van der Waals surface area (Å²) in [7, 11) is 0. The summed E-state index contributed by atoms with van der Waals surface area (Å²) in [5, 5.41) is 1.10. The smallest absolute Gasteiger partial charge is 0.272 e. The normalized spacial score (nSPS) is 12.9. The van der Waals surface area contributed by atoms with Gasteiger partial charge in [-0.3, -0.25) is 14.4 Å². The van der Waals surface area contributed by atoms with Crippen molar-refractivity contribution in [1.82, 2.24) is 9.66 Å². The Labute approximate surface area is 220 Å². The minimum atomic E-state index is -0.419. The molecule has 0 atom stereocenters. The van der Waals surface area contributed by atoms with Crippen LogP contribution in [0.4, 0.5) is 0 Å². The van der Waals surface area contributed by atoms with Gasteiger partial charge in [-0.1, -0.05) is 74.0 Å². The Morgan fingerprint density at radius 3 is 2.11 bits per heavy atom. The summed E-state index contributed by atoms with van der Waals surface area (Å²) in [5.74, 6) is -0.839. The van der Waals surface area contributed by atoms with Crippen LogP contribution in [0.5, 0.6) is 0 Å². The summed E-state index contributed by atoms with van der Waals surface area (Å²) < 4.78 is 1.35. The van der Waals surface area contributed by atoms with Gasteiger partial charge >= 0.3 is 0 Å². The molecule has 2 aromatic rings. The molecule has 2 amide bonds. The lowest BCUT2D eigenvalue weighted by Crippen LogP contribution is -2.51. The van der Waals surface area contributed by atoms with Crippen molar-refractivity contribution in [3.05, 3.63) is 98.4 Å². The third-order valence-corrected chi connectivity index (χ3v) is 8.14.